The van der Waals surface area contributed by atoms with Crippen molar-refractivity contribution in [2.45, 2.75) is 6.10 Å². The number of nitrogens with one attached hydrogen (secondary N) is 1. The van der Waals surface area contributed by atoms with Crippen LogP contribution in [0.3, 0.4) is 0 Å². The summed E-state index contributed by atoms with van der Waals surface area (Å²) in [6, 6.07) is 0. The van der Waals surface area contributed by atoms with Crippen LogP contribution in [0.4, 0.5) is 0 Å². The fraction of sp³-hybridized carbons (Fsp3) is 1.00. The standard InChI is InChI=1S/C7H13NO2/c1-6-3-9-5-7(2-8-1)10-4-6/h6-8H,1-5H2. The van der Waals surface area contributed by atoms with Crippen molar-refractivity contribution in [3.05, 3.63) is 0 Å². The molecule has 1 N–H and O–H groups in total. The van der Waals surface area contributed by atoms with Gasteiger partial charge in [-0.05, 0) is 0 Å². The van der Waals surface area contributed by atoms with Gasteiger partial charge >= 0.3 is 0 Å². The van der Waals surface area contributed by atoms with Crippen molar-refractivity contribution < 1.29 is 9.47 Å². The van der Waals surface area contributed by atoms with E-state index < -0.39 is 0 Å². The Balaban J connectivity index is 2.01. The Labute approximate surface area is 60.7 Å². The van der Waals surface area contributed by atoms with E-state index in [0.29, 0.717) is 12.0 Å². The van der Waals surface area contributed by atoms with Gasteiger partial charge in [-0.25, -0.2) is 0 Å². The second-order valence-electron chi connectivity index (χ2n) is 3.02. The number of hydrogen-bond donors (Lipinski definition) is 1. The summed E-state index contributed by atoms with van der Waals surface area (Å²) in [6.07, 6.45) is 0.299. The molecule has 0 aliphatic carbocycles. The molecular formula is C7H13NO2. The maximum Gasteiger partial charge on any atom is 0.0932 e. The molecule has 2 aliphatic rings. The van der Waals surface area contributed by atoms with Crippen molar-refractivity contribution >= 4 is 0 Å². The first-order valence-electron chi connectivity index (χ1n) is 3.85. The van der Waals surface area contributed by atoms with E-state index in [0.717, 1.165) is 32.9 Å². The molecular weight excluding hydrogens is 130 g/mol. The summed E-state index contributed by atoms with van der Waals surface area (Å²) in [7, 11) is 0. The molecule has 3 nitrogen and oxygen atoms in total. The average molecular weight is 143 g/mol. The summed E-state index contributed by atoms with van der Waals surface area (Å²) < 4.78 is 10.9. The Hall–Kier alpha value is -0.120. The first kappa shape index (κ1) is 6.58. The Kier molecular flexibility index (Phi) is 1.88. The molecule has 2 fully saturated rings. The molecule has 0 aromatic rings. The van der Waals surface area contributed by atoms with Gasteiger partial charge in [-0.1, -0.05) is 0 Å². The van der Waals surface area contributed by atoms with Crippen LogP contribution in [0.15, 0.2) is 0 Å². The quantitative estimate of drug-likeness (QED) is 0.501. The summed E-state index contributed by atoms with van der Waals surface area (Å²) in [4.78, 5) is 0. The second kappa shape index (κ2) is 2.86. The van der Waals surface area contributed by atoms with Crippen molar-refractivity contribution in [3.63, 3.8) is 0 Å². The van der Waals surface area contributed by atoms with E-state index in [9.17, 15) is 0 Å². The fourth-order valence-corrected chi connectivity index (χ4v) is 1.42. The highest BCUT2D eigenvalue weighted by Gasteiger charge is 2.22. The third-order valence-corrected chi connectivity index (χ3v) is 2.03. The average Bonchev–Trinajstić information content (AvgIpc) is 2.17. The summed E-state index contributed by atoms with van der Waals surface area (Å²) in [5.41, 5.74) is 0. The Morgan fingerprint density at radius 3 is 3.10 bits per heavy atom. The van der Waals surface area contributed by atoms with Crippen LogP contribution in [0.1, 0.15) is 0 Å². The minimum absolute atomic E-state index is 0.299. The second-order valence-corrected chi connectivity index (χ2v) is 3.02. The van der Waals surface area contributed by atoms with Gasteiger partial charge in [-0.3, -0.25) is 0 Å². The van der Waals surface area contributed by atoms with Crippen LogP contribution in [0, 0.1) is 5.92 Å². The van der Waals surface area contributed by atoms with Gasteiger partial charge in [0.05, 0.1) is 25.9 Å². The number of fused-ring (bicyclic) bond motifs is 3. The Morgan fingerprint density at radius 2 is 2.10 bits per heavy atom. The molecule has 2 rings (SSSR count). The van der Waals surface area contributed by atoms with Gasteiger partial charge in [0.25, 0.3) is 0 Å². The topological polar surface area (TPSA) is 30.5 Å². The number of ether oxygens (including phenoxy) is 2. The molecule has 2 heterocycles. The van der Waals surface area contributed by atoms with Crippen LogP contribution < -0.4 is 5.32 Å². The van der Waals surface area contributed by atoms with Crippen LogP contribution in [-0.2, 0) is 9.47 Å². The number of hydrogen-bond acceptors (Lipinski definition) is 3. The van der Waals surface area contributed by atoms with Crippen LogP contribution in [0.5, 0.6) is 0 Å². The van der Waals surface area contributed by atoms with Crippen molar-refractivity contribution in [2.75, 3.05) is 32.9 Å². The van der Waals surface area contributed by atoms with E-state index in [1.165, 1.54) is 0 Å². The van der Waals surface area contributed by atoms with Crippen molar-refractivity contribution in [1.29, 1.82) is 0 Å². The first-order chi connectivity index (χ1) is 4.95. The molecule has 0 aromatic heterocycles. The fourth-order valence-electron chi connectivity index (χ4n) is 1.42. The Morgan fingerprint density at radius 1 is 1.10 bits per heavy atom. The molecule has 58 valence electrons. The summed E-state index contributed by atoms with van der Waals surface area (Å²) in [6.45, 7) is 4.51. The van der Waals surface area contributed by atoms with Gasteiger partial charge in [0.1, 0.15) is 0 Å². The largest absolute Gasteiger partial charge is 0.378 e. The minimum atomic E-state index is 0.299. The van der Waals surface area contributed by atoms with E-state index in [4.69, 9.17) is 9.47 Å². The van der Waals surface area contributed by atoms with Crippen LogP contribution in [0.25, 0.3) is 0 Å². The van der Waals surface area contributed by atoms with Gasteiger partial charge < -0.3 is 14.8 Å². The molecule has 2 bridgehead atoms. The lowest BCUT2D eigenvalue weighted by atomic mass is 10.2. The predicted molar refractivity (Wildman–Crippen MR) is 36.9 cm³/mol. The third kappa shape index (κ3) is 1.31. The van der Waals surface area contributed by atoms with Crippen LogP contribution in [0.2, 0.25) is 0 Å². The zero-order valence-electron chi connectivity index (χ0n) is 6.01. The highest BCUT2D eigenvalue weighted by atomic mass is 16.5. The normalized spacial score (nSPS) is 40.8. The van der Waals surface area contributed by atoms with Crippen molar-refractivity contribution in [2.24, 2.45) is 5.92 Å². The summed E-state index contributed by atoms with van der Waals surface area (Å²) in [5.74, 6) is 0.576. The highest BCUT2D eigenvalue weighted by Crippen LogP contribution is 2.09. The molecule has 2 atom stereocenters. The third-order valence-electron chi connectivity index (χ3n) is 2.03. The SMILES string of the molecule is C1NCC2COCC1CO2. The predicted octanol–water partition coefficient (Wildman–Crippen LogP) is -0.379. The van der Waals surface area contributed by atoms with Crippen molar-refractivity contribution in [3.8, 4) is 0 Å². The van der Waals surface area contributed by atoms with E-state index in [1.54, 1.807) is 0 Å². The maximum atomic E-state index is 5.54. The zero-order chi connectivity index (χ0) is 6.81. The first-order valence-corrected chi connectivity index (χ1v) is 3.85. The van der Waals surface area contributed by atoms with Gasteiger partial charge in [-0.15, -0.1) is 0 Å². The van der Waals surface area contributed by atoms with E-state index in [-0.39, 0.29) is 0 Å². The summed E-state index contributed by atoms with van der Waals surface area (Å²) >= 11 is 0. The lowest BCUT2D eigenvalue weighted by molar-refractivity contribution is 0.0300. The maximum absolute atomic E-state index is 5.54. The molecule has 0 saturated carbocycles. The molecule has 2 aliphatic heterocycles. The molecule has 3 heteroatoms. The van der Waals surface area contributed by atoms with Gasteiger partial charge in [0, 0.05) is 19.0 Å². The Bertz CT molecular complexity index is 96.2. The van der Waals surface area contributed by atoms with Crippen LogP contribution >= 0.6 is 0 Å². The van der Waals surface area contributed by atoms with E-state index in [1.807, 2.05) is 0 Å². The lowest BCUT2D eigenvalue weighted by Crippen LogP contribution is -2.34. The molecule has 0 spiro atoms. The van der Waals surface area contributed by atoms with Crippen molar-refractivity contribution in [1.82, 2.24) is 5.32 Å². The van der Waals surface area contributed by atoms with Gasteiger partial charge in [0.15, 0.2) is 0 Å². The molecule has 10 heavy (non-hydrogen) atoms. The molecule has 0 amide bonds. The van der Waals surface area contributed by atoms with E-state index in [2.05, 4.69) is 5.32 Å². The zero-order valence-corrected chi connectivity index (χ0v) is 6.01. The molecule has 0 aromatic carbocycles. The van der Waals surface area contributed by atoms with Crippen LogP contribution in [-0.4, -0.2) is 39.0 Å². The molecule has 2 unspecified atom stereocenters. The van der Waals surface area contributed by atoms with E-state index >= 15 is 0 Å². The lowest BCUT2D eigenvalue weighted by Gasteiger charge is -2.15. The summed E-state index contributed by atoms with van der Waals surface area (Å²) in [5, 5.41) is 3.34. The molecule has 2 saturated heterocycles. The number of rotatable bonds is 0. The van der Waals surface area contributed by atoms with Gasteiger partial charge in [-0.2, -0.15) is 0 Å². The minimum Gasteiger partial charge on any atom is -0.378 e. The van der Waals surface area contributed by atoms with Gasteiger partial charge in [0.2, 0.25) is 0 Å². The highest BCUT2D eigenvalue weighted by molar-refractivity contribution is 4.74. The monoisotopic (exact) mass is 143 g/mol. The smallest absolute Gasteiger partial charge is 0.0932 e. The molecule has 0 radical (unpaired) electrons.